The molecule has 0 saturated heterocycles. The molecule has 0 aliphatic heterocycles. The molecule has 0 saturated carbocycles. The Balaban J connectivity index is 1.45. The molecule has 0 spiro atoms. The third-order valence-corrected chi connectivity index (χ3v) is 5.69. The summed E-state index contributed by atoms with van der Waals surface area (Å²) in [4.78, 5) is 0. The van der Waals surface area contributed by atoms with E-state index in [-0.39, 0.29) is 6.04 Å². The van der Waals surface area contributed by atoms with E-state index < -0.39 is 0 Å². The lowest BCUT2D eigenvalue weighted by molar-refractivity contribution is 0.552. The van der Waals surface area contributed by atoms with Crippen LogP contribution in [0.4, 0.5) is 0 Å². The van der Waals surface area contributed by atoms with Crippen molar-refractivity contribution in [2.45, 2.75) is 24.8 Å². The molecule has 4 rings (SSSR count). The van der Waals surface area contributed by atoms with E-state index in [0.717, 1.165) is 19.4 Å². The number of nitrogens with one attached hydrogen (secondary N) is 1. The van der Waals surface area contributed by atoms with E-state index >= 15 is 0 Å². The Morgan fingerprint density at radius 2 is 0.833 bits per heavy atom. The molecule has 4 aromatic carbocycles. The summed E-state index contributed by atoms with van der Waals surface area (Å²) in [6.07, 6.45) is 2.24. The highest BCUT2D eigenvalue weighted by Gasteiger charge is 2.15. The van der Waals surface area contributed by atoms with E-state index in [0.29, 0.717) is 5.92 Å². The van der Waals surface area contributed by atoms with Gasteiger partial charge in [-0.05, 0) is 41.6 Å². The number of hydrogen-bond donors (Lipinski definition) is 1. The number of hydrogen-bond acceptors (Lipinski definition) is 1. The molecule has 30 heavy (non-hydrogen) atoms. The van der Waals surface area contributed by atoms with Crippen molar-refractivity contribution in [1.29, 1.82) is 0 Å². The molecular formula is C29H29N. The summed E-state index contributed by atoms with van der Waals surface area (Å²) in [6, 6.07) is 43.5. The largest absolute Gasteiger partial charge is 0.306 e. The molecule has 1 N–H and O–H groups in total. The van der Waals surface area contributed by atoms with Crippen LogP contribution in [0.5, 0.6) is 0 Å². The van der Waals surface area contributed by atoms with Crippen molar-refractivity contribution in [3.63, 3.8) is 0 Å². The molecule has 0 bridgehead atoms. The third-order valence-electron chi connectivity index (χ3n) is 5.69. The van der Waals surface area contributed by atoms with Crippen molar-refractivity contribution < 1.29 is 0 Å². The van der Waals surface area contributed by atoms with Crippen LogP contribution in [0.25, 0.3) is 0 Å². The zero-order valence-corrected chi connectivity index (χ0v) is 17.3. The van der Waals surface area contributed by atoms with E-state index in [4.69, 9.17) is 0 Å². The summed E-state index contributed by atoms with van der Waals surface area (Å²) >= 11 is 0. The van der Waals surface area contributed by atoms with Crippen molar-refractivity contribution in [2.24, 2.45) is 0 Å². The van der Waals surface area contributed by atoms with E-state index in [1.54, 1.807) is 0 Å². The van der Waals surface area contributed by atoms with Gasteiger partial charge < -0.3 is 5.32 Å². The zero-order valence-electron chi connectivity index (χ0n) is 17.3. The first-order chi connectivity index (χ1) is 14.9. The van der Waals surface area contributed by atoms with Crippen LogP contribution in [0.2, 0.25) is 0 Å². The van der Waals surface area contributed by atoms with Gasteiger partial charge >= 0.3 is 0 Å². The highest BCUT2D eigenvalue weighted by atomic mass is 14.9. The van der Waals surface area contributed by atoms with Crippen LogP contribution in [0, 0.1) is 0 Å². The molecule has 0 aliphatic rings. The van der Waals surface area contributed by atoms with E-state index in [2.05, 4.69) is 127 Å². The maximum absolute atomic E-state index is 3.81. The molecule has 0 unspecified atom stereocenters. The standard InChI is InChI=1S/C29H29N/c1-5-14-24(15-6-1)28(25-16-7-2-8-17-25)22-13-23-30-29(26-18-9-3-10-19-26)27-20-11-4-12-21-27/h1-12,14-21,28-30H,13,22-23H2. The van der Waals surface area contributed by atoms with Crippen molar-refractivity contribution in [2.75, 3.05) is 6.54 Å². The second kappa shape index (κ2) is 10.6. The summed E-state index contributed by atoms with van der Waals surface area (Å²) in [5.41, 5.74) is 5.41. The SMILES string of the molecule is c1ccc(C(CCCNC(c2ccccc2)c2ccccc2)c2ccccc2)cc1. The zero-order chi connectivity index (χ0) is 20.4. The van der Waals surface area contributed by atoms with Gasteiger partial charge in [0.1, 0.15) is 0 Å². The van der Waals surface area contributed by atoms with Crippen LogP contribution < -0.4 is 5.32 Å². The maximum atomic E-state index is 3.81. The average Bonchev–Trinajstić information content (AvgIpc) is 2.84. The molecule has 0 atom stereocenters. The topological polar surface area (TPSA) is 12.0 Å². The van der Waals surface area contributed by atoms with Gasteiger partial charge in [0, 0.05) is 5.92 Å². The first kappa shape index (κ1) is 20.1. The lowest BCUT2D eigenvalue weighted by atomic mass is 9.87. The van der Waals surface area contributed by atoms with Gasteiger partial charge in [0.15, 0.2) is 0 Å². The van der Waals surface area contributed by atoms with Crippen LogP contribution in [0.3, 0.4) is 0 Å². The van der Waals surface area contributed by atoms with Gasteiger partial charge in [0.25, 0.3) is 0 Å². The lowest BCUT2D eigenvalue weighted by Gasteiger charge is -2.22. The third kappa shape index (κ3) is 5.25. The fourth-order valence-electron chi connectivity index (χ4n) is 4.17. The Morgan fingerprint density at radius 3 is 1.23 bits per heavy atom. The molecule has 150 valence electrons. The number of rotatable bonds is 9. The smallest absolute Gasteiger partial charge is 0.0576 e. The van der Waals surface area contributed by atoms with Crippen LogP contribution in [0.1, 0.15) is 47.1 Å². The Morgan fingerprint density at radius 1 is 0.467 bits per heavy atom. The Labute approximate surface area is 180 Å². The molecule has 0 aromatic heterocycles. The van der Waals surface area contributed by atoms with Crippen LogP contribution in [-0.2, 0) is 0 Å². The minimum absolute atomic E-state index is 0.222. The first-order valence-corrected chi connectivity index (χ1v) is 10.8. The molecule has 4 aromatic rings. The van der Waals surface area contributed by atoms with Gasteiger partial charge in [-0.25, -0.2) is 0 Å². The Kier molecular flexibility index (Phi) is 7.09. The highest BCUT2D eigenvalue weighted by molar-refractivity contribution is 5.33. The minimum atomic E-state index is 0.222. The van der Waals surface area contributed by atoms with Crippen molar-refractivity contribution in [1.82, 2.24) is 5.32 Å². The summed E-state index contributed by atoms with van der Waals surface area (Å²) in [7, 11) is 0. The number of benzene rings is 4. The van der Waals surface area contributed by atoms with E-state index in [9.17, 15) is 0 Å². The molecule has 0 fully saturated rings. The van der Waals surface area contributed by atoms with E-state index in [1.807, 2.05) is 0 Å². The van der Waals surface area contributed by atoms with Crippen molar-refractivity contribution >= 4 is 0 Å². The maximum Gasteiger partial charge on any atom is 0.0576 e. The van der Waals surface area contributed by atoms with Gasteiger partial charge in [0.2, 0.25) is 0 Å². The molecule has 0 amide bonds. The molecule has 0 radical (unpaired) electrons. The Bertz CT molecular complexity index is 817. The molecule has 0 heterocycles. The summed E-state index contributed by atoms with van der Waals surface area (Å²) < 4.78 is 0. The molecule has 0 aliphatic carbocycles. The van der Waals surface area contributed by atoms with E-state index in [1.165, 1.54) is 22.3 Å². The quantitative estimate of drug-likeness (QED) is 0.304. The fourth-order valence-corrected chi connectivity index (χ4v) is 4.17. The average molecular weight is 392 g/mol. The van der Waals surface area contributed by atoms with Crippen molar-refractivity contribution in [3.05, 3.63) is 144 Å². The minimum Gasteiger partial charge on any atom is -0.306 e. The fraction of sp³-hybridized carbons (Fsp3) is 0.172. The van der Waals surface area contributed by atoms with Gasteiger partial charge in [-0.2, -0.15) is 0 Å². The summed E-state index contributed by atoms with van der Waals surface area (Å²) in [5.74, 6) is 0.432. The van der Waals surface area contributed by atoms with Gasteiger partial charge in [0.05, 0.1) is 6.04 Å². The van der Waals surface area contributed by atoms with Gasteiger partial charge in [-0.15, -0.1) is 0 Å². The highest BCUT2D eigenvalue weighted by Crippen LogP contribution is 2.29. The molecular weight excluding hydrogens is 362 g/mol. The molecule has 1 heteroatoms. The summed E-state index contributed by atoms with van der Waals surface area (Å²) in [6.45, 7) is 0.977. The first-order valence-electron chi connectivity index (χ1n) is 10.8. The second-order valence-corrected chi connectivity index (χ2v) is 7.72. The van der Waals surface area contributed by atoms with Crippen LogP contribution in [-0.4, -0.2) is 6.54 Å². The van der Waals surface area contributed by atoms with Gasteiger partial charge in [-0.1, -0.05) is 121 Å². The van der Waals surface area contributed by atoms with Gasteiger partial charge in [-0.3, -0.25) is 0 Å². The normalized spacial score (nSPS) is 11.1. The van der Waals surface area contributed by atoms with Crippen molar-refractivity contribution in [3.8, 4) is 0 Å². The molecule has 1 nitrogen and oxygen atoms in total. The predicted molar refractivity (Wildman–Crippen MR) is 127 cm³/mol. The summed E-state index contributed by atoms with van der Waals surface area (Å²) in [5, 5.41) is 3.81. The monoisotopic (exact) mass is 391 g/mol. The van der Waals surface area contributed by atoms with Crippen LogP contribution in [0.15, 0.2) is 121 Å². The Hall–Kier alpha value is -3.16. The predicted octanol–water partition coefficient (Wildman–Crippen LogP) is 6.98. The van der Waals surface area contributed by atoms with Crippen LogP contribution >= 0.6 is 0 Å². The second-order valence-electron chi connectivity index (χ2n) is 7.72. The lowest BCUT2D eigenvalue weighted by Crippen LogP contribution is -2.24.